The van der Waals surface area contributed by atoms with Gasteiger partial charge in [0.25, 0.3) is 0 Å². The zero-order valence-electron chi connectivity index (χ0n) is 10.7. The van der Waals surface area contributed by atoms with Crippen LogP contribution in [0.1, 0.15) is 25.5 Å². The van der Waals surface area contributed by atoms with Crippen molar-refractivity contribution < 1.29 is 4.79 Å². The maximum Gasteiger partial charge on any atom is 0.226 e. The van der Waals surface area contributed by atoms with E-state index in [4.69, 9.17) is 23.7 Å². The Balaban J connectivity index is 2.25. The molecule has 2 atom stereocenters. The van der Waals surface area contributed by atoms with Crippen molar-refractivity contribution in [1.82, 2.24) is 9.97 Å². The average Bonchev–Trinajstić information content (AvgIpc) is 2.39. The molecular formula is C12H17N5OS. The van der Waals surface area contributed by atoms with Gasteiger partial charge in [-0.25, -0.2) is 9.97 Å². The van der Waals surface area contributed by atoms with E-state index in [2.05, 4.69) is 16.9 Å². The van der Waals surface area contributed by atoms with Crippen LogP contribution in [-0.2, 0) is 4.79 Å². The van der Waals surface area contributed by atoms with Gasteiger partial charge in [-0.1, -0.05) is 12.2 Å². The van der Waals surface area contributed by atoms with Crippen LogP contribution in [0, 0.1) is 5.92 Å². The van der Waals surface area contributed by atoms with Crippen molar-refractivity contribution in [2.75, 3.05) is 11.4 Å². The molecule has 2 rings (SSSR count). The van der Waals surface area contributed by atoms with Gasteiger partial charge in [-0.05, 0) is 25.8 Å². The van der Waals surface area contributed by atoms with Crippen molar-refractivity contribution >= 4 is 29.1 Å². The molecule has 1 aliphatic heterocycles. The fourth-order valence-corrected chi connectivity index (χ4v) is 2.36. The van der Waals surface area contributed by atoms with Crippen LogP contribution >= 0.6 is 12.2 Å². The monoisotopic (exact) mass is 279 g/mol. The highest BCUT2D eigenvalue weighted by molar-refractivity contribution is 7.80. The summed E-state index contributed by atoms with van der Waals surface area (Å²) in [7, 11) is 0. The van der Waals surface area contributed by atoms with E-state index in [1.54, 1.807) is 12.3 Å². The number of anilines is 1. The van der Waals surface area contributed by atoms with E-state index in [1.807, 2.05) is 4.90 Å². The molecule has 6 nitrogen and oxygen atoms in total. The van der Waals surface area contributed by atoms with Crippen molar-refractivity contribution in [1.29, 1.82) is 0 Å². The zero-order valence-corrected chi connectivity index (χ0v) is 11.6. The van der Waals surface area contributed by atoms with Gasteiger partial charge in [0.05, 0.1) is 5.92 Å². The second-order valence-electron chi connectivity index (χ2n) is 4.78. The Morgan fingerprint density at radius 1 is 1.47 bits per heavy atom. The van der Waals surface area contributed by atoms with E-state index in [0.717, 1.165) is 12.8 Å². The molecule has 0 aromatic carbocycles. The summed E-state index contributed by atoms with van der Waals surface area (Å²) in [4.78, 5) is 22.1. The number of piperidine rings is 1. The van der Waals surface area contributed by atoms with Crippen LogP contribution in [0.4, 0.5) is 5.95 Å². The van der Waals surface area contributed by atoms with Gasteiger partial charge in [0.15, 0.2) is 0 Å². The Morgan fingerprint density at radius 3 is 2.84 bits per heavy atom. The SMILES string of the molecule is CC1CCC(C(N)=O)CN1c1nccc(C(N)=S)n1. The van der Waals surface area contributed by atoms with Gasteiger partial charge >= 0.3 is 0 Å². The molecule has 1 aromatic heterocycles. The molecule has 1 aliphatic rings. The van der Waals surface area contributed by atoms with Crippen molar-refractivity contribution in [3.05, 3.63) is 18.0 Å². The van der Waals surface area contributed by atoms with Crippen LogP contribution in [0.15, 0.2) is 12.3 Å². The summed E-state index contributed by atoms with van der Waals surface area (Å²) in [5.74, 6) is 0.111. The Bertz CT molecular complexity index is 507. The normalized spacial score (nSPS) is 23.1. The average molecular weight is 279 g/mol. The highest BCUT2D eigenvalue weighted by Crippen LogP contribution is 2.25. The summed E-state index contributed by atoms with van der Waals surface area (Å²) in [6.45, 7) is 2.62. The maximum absolute atomic E-state index is 11.3. The molecule has 0 bridgehead atoms. The number of nitrogens with two attached hydrogens (primary N) is 2. The van der Waals surface area contributed by atoms with Crippen LogP contribution in [0.5, 0.6) is 0 Å². The molecule has 0 spiro atoms. The highest BCUT2D eigenvalue weighted by Gasteiger charge is 2.30. The molecule has 0 saturated carbocycles. The highest BCUT2D eigenvalue weighted by atomic mass is 32.1. The van der Waals surface area contributed by atoms with Crippen molar-refractivity contribution in [3.8, 4) is 0 Å². The van der Waals surface area contributed by atoms with Crippen LogP contribution in [0.25, 0.3) is 0 Å². The first-order chi connectivity index (χ1) is 8.99. The van der Waals surface area contributed by atoms with Gasteiger partial charge in [-0.2, -0.15) is 0 Å². The first-order valence-corrected chi connectivity index (χ1v) is 6.58. The molecule has 7 heteroatoms. The fourth-order valence-electron chi connectivity index (χ4n) is 2.24. The van der Waals surface area contributed by atoms with E-state index in [9.17, 15) is 4.79 Å². The Kier molecular flexibility index (Phi) is 3.94. The first-order valence-electron chi connectivity index (χ1n) is 6.18. The third-order valence-corrected chi connectivity index (χ3v) is 3.65. The van der Waals surface area contributed by atoms with E-state index in [0.29, 0.717) is 18.2 Å². The maximum atomic E-state index is 11.3. The summed E-state index contributed by atoms with van der Waals surface area (Å²) < 4.78 is 0. The molecule has 0 radical (unpaired) electrons. The lowest BCUT2D eigenvalue weighted by molar-refractivity contribution is -0.122. The zero-order chi connectivity index (χ0) is 14.0. The quantitative estimate of drug-likeness (QED) is 0.767. The second-order valence-corrected chi connectivity index (χ2v) is 5.22. The van der Waals surface area contributed by atoms with Crippen molar-refractivity contribution in [3.63, 3.8) is 0 Å². The summed E-state index contributed by atoms with van der Waals surface area (Å²) in [5, 5.41) is 0. The number of rotatable bonds is 3. The molecule has 1 saturated heterocycles. The molecule has 102 valence electrons. The van der Waals surface area contributed by atoms with Crippen LogP contribution in [0.3, 0.4) is 0 Å². The number of aromatic nitrogens is 2. The predicted octanol–water partition coefficient (Wildman–Crippen LogP) is 0.201. The van der Waals surface area contributed by atoms with Crippen LogP contribution < -0.4 is 16.4 Å². The van der Waals surface area contributed by atoms with Gasteiger partial charge in [0, 0.05) is 18.8 Å². The third kappa shape index (κ3) is 2.98. The molecule has 2 heterocycles. The van der Waals surface area contributed by atoms with Gasteiger partial charge < -0.3 is 16.4 Å². The Labute approximate surface area is 117 Å². The summed E-state index contributed by atoms with van der Waals surface area (Å²) >= 11 is 4.91. The first kappa shape index (κ1) is 13.7. The number of thiocarbonyl (C=S) groups is 1. The lowest BCUT2D eigenvalue weighted by atomic mass is 9.93. The number of hydrogen-bond acceptors (Lipinski definition) is 5. The number of amides is 1. The van der Waals surface area contributed by atoms with Crippen LogP contribution in [-0.4, -0.2) is 33.5 Å². The lowest BCUT2D eigenvalue weighted by Gasteiger charge is -2.36. The number of primary amides is 1. The minimum Gasteiger partial charge on any atom is -0.388 e. The van der Waals surface area contributed by atoms with Gasteiger partial charge in [0.1, 0.15) is 10.7 Å². The lowest BCUT2D eigenvalue weighted by Crippen LogP contribution is -2.46. The largest absolute Gasteiger partial charge is 0.388 e. The van der Waals surface area contributed by atoms with Gasteiger partial charge in [0.2, 0.25) is 11.9 Å². The number of carbonyl (C=O) groups is 1. The molecule has 1 aromatic rings. The number of nitrogens with zero attached hydrogens (tertiary/aromatic N) is 3. The second kappa shape index (κ2) is 5.48. The van der Waals surface area contributed by atoms with E-state index in [1.165, 1.54) is 0 Å². The predicted molar refractivity (Wildman–Crippen MR) is 76.6 cm³/mol. The van der Waals surface area contributed by atoms with Crippen LogP contribution in [0.2, 0.25) is 0 Å². The molecule has 0 aliphatic carbocycles. The van der Waals surface area contributed by atoms with Crippen molar-refractivity contribution in [2.45, 2.75) is 25.8 Å². The summed E-state index contributed by atoms with van der Waals surface area (Å²) in [5.41, 5.74) is 11.5. The molecule has 1 amide bonds. The van der Waals surface area contributed by atoms with Crippen molar-refractivity contribution in [2.24, 2.45) is 17.4 Å². The number of carbonyl (C=O) groups excluding carboxylic acids is 1. The smallest absolute Gasteiger partial charge is 0.226 e. The van der Waals surface area contributed by atoms with E-state index >= 15 is 0 Å². The topological polar surface area (TPSA) is 98.1 Å². The standard InChI is InChI=1S/C12H17N5OS/c1-7-2-3-8(10(13)18)6-17(7)12-15-5-4-9(16-12)11(14)19/h4-5,7-8H,2-3,6H2,1H3,(H2,13,18)(H2,14,19). The van der Waals surface area contributed by atoms with E-state index < -0.39 is 0 Å². The molecule has 2 unspecified atom stereocenters. The molecule has 19 heavy (non-hydrogen) atoms. The Morgan fingerprint density at radius 2 is 2.21 bits per heavy atom. The van der Waals surface area contributed by atoms with E-state index in [-0.39, 0.29) is 22.9 Å². The molecule has 1 fully saturated rings. The summed E-state index contributed by atoms with van der Waals surface area (Å²) in [6, 6.07) is 1.93. The molecule has 4 N–H and O–H groups in total. The minimum atomic E-state index is -0.276. The minimum absolute atomic E-state index is 0.159. The summed E-state index contributed by atoms with van der Waals surface area (Å²) in [6.07, 6.45) is 3.31. The third-order valence-electron chi connectivity index (χ3n) is 3.44. The van der Waals surface area contributed by atoms with Gasteiger partial charge in [-0.15, -0.1) is 0 Å². The Hall–Kier alpha value is -1.76. The fraction of sp³-hybridized carbons (Fsp3) is 0.500. The molecular weight excluding hydrogens is 262 g/mol. The van der Waals surface area contributed by atoms with Gasteiger partial charge in [-0.3, -0.25) is 4.79 Å². The number of hydrogen-bond donors (Lipinski definition) is 2.